The van der Waals surface area contributed by atoms with E-state index < -0.39 is 11.4 Å². The van der Waals surface area contributed by atoms with Crippen LogP contribution in [0, 0.1) is 5.41 Å². The molecule has 2 N–H and O–H groups in total. The average Bonchev–Trinajstić information content (AvgIpc) is 2.86. The molecule has 1 atom stereocenters. The number of carboxylic acid groups (broad SMARTS) is 1. The van der Waals surface area contributed by atoms with Crippen LogP contribution in [-0.4, -0.2) is 33.9 Å². The smallest absolute Gasteiger partial charge is 0.311 e. The zero-order chi connectivity index (χ0) is 14.9. The number of hydrogen-bond acceptors (Lipinski definition) is 3. The Morgan fingerprint density at radius 2 is 2.29 bits per heavy atom. The molecule has 1 fully saturated rings. The SMILES string of the molecule is CCn1nc(CC2(C(=O)O)CCCNC2)c2ccccc21. The molecule has 2 heterocycles. The molecule has 0 saturated carbocycles. The number of piperidine rings is 1. The molecule has 5 heteroatoms. The van der Waals surface area contributed by atoms with Crippen molar-refractivity contribution < 1.29 is 9.90 Å². The van der Waals surface area contributed by atoms with E-state index in [1.54, 1.807) is 0 Å². The Balaban J connectivity index is 2.02. The molecule has 1 aliphatic rings. The van der Waals surface area contributed by atoms with Gasteiger partial charge < -0.3 is 10.4 Å². The van der Waals surface area contributed by atoms with Gasteiger partial charge in [-0.15, -0.1) is 0 Å². The van der Waals surface area contributed by atoms with Crippen LogP contribution in [0.3, 0.4) is 0 Å². The van der Waals surface area contributed by atoms with E-state index in [0.717, 1.165) is 36.1 Å². The topological polar surface area (TPSA) is 67.2 Å². The predicted octanol–water partition coefficient (Wildman–Crippen LogP) is 2.05. The fourth-order valence-electron chi connectivity index (χ4n) is 3.27. The summed E-state index contributed by atoms with van der Waals surface area (Å²) in [7, 11) is 0. The molecule has 112 valence electrons. The van der Waals surface area contributed by atoms with Crippen LogP contribution in [0.15, 0.2) is 24.3 Å². The van der Waals surface area contributed by atoms with Gasteiger partial charge in [-0.3, -0.25) is 9.48 Å². The quantitative estimate of drug-likeness (QED) is 0.903. The number of nitrogens with one attached hydrogen (secondary N) is 1. The number of carboxylic acids is 1. The minimum atomic E-state index is -0.728. The van der Waals surface area contributed by atoms with Gasteiger partial charge in [0.2, 0.25) is 0 Å². The lowest BCUT2D eigenvalue weighted by Crippen LogP contribution is -2.47. The number of aliphatic carboxylic acids is 1. The molecule has 1 aliphatic heterocycles. The highest BCUT2D eigenvalue weighted by Crippen LogP contribution is 2.33. The monoisotopic (exact) mass is 287 g/mol. The molecule has 3 rings (SSSR count). The second-order valence-corrected chi connectivity index (χ2v) is 5.82. The zero-order valence-electron chi connectivity index (χ0n) is 12.3. The van der Waals surface area contributed by atoms with Crippen LogP contribution in [0.1, 0.15) is 25.5 Å². The summed E-state index contributed by atoms with van der Waals surface area (Å²) in [6, 6.07) is 8.06. The van der Waals surface area contributed by atoms with Crippen LogP contribution < -0.4 is 5.32 Å². The number of benzene rings is 1. The molecule has 0 aliphatic carbocycles. The summed E-state index contributed by atoms with van der Waals surface area (Å²) in [5.41, 5.74) is 1.26. The van der Waals surface area contributed by atoms with Gasteiger partial charge in [-0.2, -0.15) is 5.10 Å². The van der Waals surface area contributed by atoms with Gasteiger partial charge in [-0.25, -0.2) is 0 Å². The number of hydrogen-bond donors (Lipinski definition) is 2. The maximum absolute atomic E-state index is 11.8. The van der Waals surface area contributed by atoms with Gasteiger partial charge >= 0.3 is 5.97 Å². The summed E-state index contributed by atoms with van der Waals surface area (Å²) in [5, 5.41) is 18.7. The van der Waals surface area contributed by atoms with Crippen LogP contribution in [-0.2, 0) is 17.8 Å². The molecule has 0 spiro atoms. The minimum Gasteiger partial charge on any atom is -0.481 e. The van der Waals surface area contributed by atoms with E-state index in [0.29, 0.717) is 19.4 Å². The van der Waals surface area contributed by atoms with Crippen molar-refractivity contribution in [3.8, 4) is 0 Å². The van der Waals surface area contributed by atoms with Crippen molar-refractivity contribution >= 4 is 16.9 Å². The van der Waals surface area contributed by atoms with E-state index in [1.165, 1.54) is 0 Å². The lowest BCUT2D eigenvalue weighted by atomic mass is 9.76. The number of fused-ring (bicyclic) bond motifs is 1. The highest BCUT2D eigenvalue weighted by molar-refractivity contribution is 5.83. The summed E-state index contributed by atoms with van der Waals surface area (Å²) in [5.74, 6) is -0.718. The largest absolute Gasteiger partial charge is 0.481 e. The Labute approximate surface area is 124 Å². The summed E-state index contributed by atoms with van der Waals surface area (Å²) in [6.45, 7) is 4.27. The van der Waals surface area contributed by atoms with E-state index in [1.807, 2.05) is 28.9 Å². The predicted molar refractivity (Wildman–Crippen MR) is 81.3 cm³/mol. The zero-order valence-corrected chi connectivity index (χ0v) is 12.3. The number of aryl methyl sites for hydroxylation is 1. The van der Waals surface area contributed by atoms with Crippen molar-refractivity contribution in [1.29, 1.82) is 0 Å². The number of para-hydroxylation sites is 1. The molecule has 21 heavy (non-hydrogen) atoms. The molecule has 5 nitrogen and oxygen atoms in total. The third-order valence-electron chi connectivity index (χ3n) is 4.47. The van der Waals surface area contributed by atoms with Crippen LogP contribution in [0.2, 0.25) is 0 Å². The second-order valence-electron chi connectivity index (χ2n) is 5.82. The van der Waals surface area contributed by atoms with Crippen LogP contribution >= 0.6 is 0 Å². The Kier molecular flexibility index (Phi) is 3.68. The molecular formula is C16H21N3O2. The minimum absolute atomic E-state index is 0.489. The fraction of sp³-hybridized carbons (Fsp3) is 0.500. The maximum Gasteiger partial charge on any atom is 0.311 e. The summed E-state index contributed by atoms with van der Waals surface area (Å²) in [6.07, 6.45) is 2.10. The van der Waals surface area contributed by atoms with Gasteiger partial charge in [-0.05, 0) is 32.4 Å². The van der Waals surface area contributed by atoms with Crippen molar-refractivity contribution in [1.82, 2.24) is 15.1 Å². The summed E-state index contributed by atoms with van der Waals surface area (Å²) in [4.78, 5) is 11.8. The Hall–Kier alpha value is -1.88. The molecule has 1 aromatic carbocycles. The van der Waals surface area contributed by atoms with E-state index in [4.69, 9.17) is 0 Å². The fourth-order valence-corrected chi connectivity index (χ4v) is 3.27. The third kappa shape index (κ3) is 2.42. The highest BCUT2D eigenvalue weighted by atomic mass is 16.4. The van der Waals surface area contributed by atoms with E-state index in [9.17, 15) is 9.90 Å². The molecule has 0 amide bonds. The first-order chi connectivity index (χ1) is 10.2. The Morgan fingerprint density at radius 1 is 1.48 bits per heavy atom. The van der Waals surface area contributed by atoms with E-state index >= 15 is 0 Å². The highest BCUT2D eigenvalue weighted by Gasteiger charge is 2.40. The van der Waals surface area contributed by atoms with Crippen molar-refractivity contribution in [2.24, 2.45) is 5.41 Å². The number of rotatable bonds is 4. The molecule has 0 radical (unpaired) electrons. The van der Waals surface area contributed by atoms with Gasteiger partial charge in [0.15, 0.2) is 0 Å². The first-order valence-corrected chi connectivity index (χ1v) is 7.55. The third-order valence-corrected chi connectivity index (χ3v) is 4.47. The van der Waals surface area contributed by atoms with Gasteiger partial charge in [0.1, 0.15) is 0 Å². The summed E-state index contributed by atoms with van der Waals surface area (Å²) < 4.78 is 1.95. The average molecular weight is 287 g/mol. The normalized spacial score (nSPS) is 22.5. The van der Waals surface area contributed by atoms with Crippen LogP contribution in [0.25, 0.3) is 10.9 Å². The first kappa shape index (κ1) is 14.1. The molecule has 1 aromatic heterocycles. The lowest BCUT2D eigenvalue weighted by molar-refractivity contribution is -0.150. The van der Waals surface area contributed by atoms with Gasteiger partial charge in [0.05, 0.1) is 16.6 Å². The Bertz CT molecular complexity index is 657. The molecule has 1 saturated heterocycles. The van der Waals surface area contributed by atoms with Crippen LogP contribution in [0.5, 0.6) is 0 Å². The standard InChI is InChI=1S/C16H21N3O2/c1-2-19-14-7-4-3-6-12(14)13(18-19)10-16(15(20)21)8-5-9-17-11-16/h3-4,6-7,17H,2,5,8-11H2,1H3,(H,20,21). The van der Waals surface area contributed by atoms with Crippen LogP contribution in [0.4, 0.5) is 0 Å². The van der Waals surface area contributed by atoms with E-state index in [-0.39, 0.29) is 0 Å². The van der Waals surface area contributed by atoms with Crippen molar-refractivity contribution in [2.75, 3.05) is 13.1 Å². The van der Waals surface area contributed by atoms with Crippen molar-refractivity contribution in [3.05, 3.63) is 30.0 Å². The van der Waals surface area contributed by atoms with Gasteiger partial charge in [0.25, 0.3) is 0 Å². The van der Waals surface area contributed by atoms with Gasteiger partial charge in [0, 0.05) is 24.9 Å². The first-order valence-electron chi connectivity index (χ1n) is 7.55. The molecule has 0 bridgehead atoms. The number of nitrogens with zero attached hydrogens (tertiary/aromatic N) is 2. The second kappa shape index (κ2) is 5.48. The molecule has 2 aromatic rings. The lowest BCUT2D eigenvalue weighted by Gasteiger charge is -2.33. The summed E-state index contributed by atoms with van der Waals surface area (Å²) >= 11 is 0. The van der Waals surface area contributed by atoms with Crippen molar-refractivity contribution in [3.63, 3.8) is 0 Å². The van der Waals surface area contributed by atoms with Gasteiger partial charge in [-0.1, -0.05) is 18.2 Å². The molecular weight excluding hydrogens is 266 g/mol. The number of carbonyl (C=O) groups is 1. The molecule has 1 unspecified atom stereocenters. The van der Waals surface area contributed by atoms with Crippen molar-refractivity contribution in [2.45, 2.75) is 32.7 Å². The van der Waals surface area contributed by atoms with E-state index in [2.05, 4.69) is 17.3 Å². The maximum atomic E-state index is 11.8. The number of aromatic nitrogens is 2. The Morgan fingerprint density at radius 3 is 2.95 bits per heavy atom.